The van der Waals surface area contributed by atoms with E-state index in [0.29, 0.717) is 23.8 Å². The van der Waals surface area contributed by atoms with Crippen LogP contribution >= 0.6 is 0 Å². The molecule has 2 atom stereocenters. The summed E-state index contributed by atoms with van der Waals surface area (Å²) < 4.78 is 13.3. The minimum Gasteiger partial charge on any atom is -0.492 e. The van der Waals surface area contributed by atoms with Crippen molar-refractivity contribution < 1.29 is 29.0 Å². The van der Waals surface area contributed by atoms with Crippen LogP contribution in [-0.2, 0) is 19.7 Å². The number of amides is 3. The van der Waals surface area contributed by atoms with Crippen LogP contribution in [0.25, 0.3) is 16.5 Å². The number of nitrogens with one attached hydrogen (secondary N) is 2. The molecule has 5 aromatic rings. The minimum atomic E-state index is -1.31. The zero-order chi connectivity index (χ0) is 41.8. The summed E-state index contributed by atoms with van der Waals surface area (Å²) >= 11 is 0. The van der Waals surface area contributed by atoms with E-state index in [0.717, 1.165) is 66.4 Å². The number of ether oxygens (including phenoxy) is 2. The van der Waals surface area contributed by atoms with Gasteiger partial charge in [-0.2, -0.15) is 5.10 Å². The molecule has 2 aliphatic rings. The molecule has 0 bridgehead atoms. The fourth-order valence-electron chi connectivity index (χ4n) is 7.57. The van der Waals surface area contributed by atoms with E-state index in [1.54, 1.807) is 30.1 Å². The second kappa shape index (κ2) is 17.0. The van der Waals surface area contributed by atoms with Gasteiger partial charge >= 0.3 is 12.0 Å². The van der Waals surface area contributed by atoms with Crippen LogP contribution in [0.3, 0.4) is 0 Å². The predicted octanol–water partition coefficient (Wildman–Crippen LogP) is 7.78. The Morgan fingerprint density at radius 3 is 2.21 bits per heavy atom. The first-order valence-electron chi connectivity index (χ1n) is 19.7. The van der Waals surface area contributed by atoms with Crippen molar-refractivity contribution in [3.63, 3.8) is 0 Å². The topological polar surface area (TPSA) is 151 Å². The van der Waals surface area contributed by atoms with Gasteiger partial charge in [0.15, 0.2) is 5.41 Å². The fourth-order valence-corrected chi connectivity index (χ4v) is 7.57. The van der Waals surface area contributed by atoms with Crippen molar-refractivity contribution in [1.82, 2.24) is 19.7 Å². The van der Waals surface area contributed by atoms with Crippen LogP contribution in [0.2, 0.25) is 0 Å². The van der Waals surface area contributed by atoms with E-state index in [2.05, 4.69) is 41.3 Å². The molecule has 3 N–H and O–H groups in total. The van der Waals surface area contributed by atoms with Gasteiger partial charge in [-0.1, -0.05) is 84.0 Å². The number of hydrogen-bond acceptors (Lipinski definition) is 8. The van der Waals surface area contributed by atoms with Crippen LogP contribution < -0.4 is 20.3 Å². The molecule has 306 valence electrons. The number of aliphatic carboxylic acids is 1. The van der Waals surface area contributed by atoms with Gasteiger partial charge in [-0.25, -0.2) is 9.48 Å². The first-order valence-corrected chi connectivity index (χ1v) is 19.7. The van der Waals surface area contributed by atoms with E-state index in [1.807, 2.05) is 100 Å². The lowest BCUT2D eigenvalue weighted by Gasteiger charge is -2.26. The Bertz CT molecular complexity index is 2240. The fraction of sp³-hybridized carbons (Fsp3) is 0.400. The van der Waals surface area contributed by atoms with Crippen molar-refractivity contribution in [2.75, 3.05) is 62.0 Å². The van der Waals surface area contributed by atoms with Gasteiger partial charge in [-0.15, -0.1) is 0 Å². The van der Waals surface area contributed by atoms with E-state index in [9.17, 15) is 19.5 Å². The maximum absolute atomic E-state index is 13.2. The quantitative estimate of drug-likeness (QED) is 0.121. The highest BCUT2D eigenvalue weighted by Gasteiger charge is 2.78. The zero-order valence-electron chi connectivity index (χ0n) is 34.7. The number of carboxylic acid groups (broad SMARTS) is 1. The highest BCUT2D eigenvalue weighted by molar-refractivity contribution is 6.13. The largest absolute Gasteiger partial charge is 0.492 e. The zero-order valence-corrected chi connectivity index (χ0v) is 34.7. The predicted molar refractivity (Wildman–Crippen MR) is 227 cm³/mol. The number of urea groups is 1. The Hall–Kier alpha value is -5.79. The Morgan fingerprint density at radius 1 is 0.948 bits per heavy atom. The van der Waals surface area contributed by atoms with Crippen molar-refractivity contribution in [3.8, 4) is 11.4 Å². The third kappa shape index (κ3) is 8.56. The molecule has 58 heavy (non-hydrogen) atoms. The van der Waals surface area contributed by atoms with Gasteiger partial charge in [0.05, 0.1) is 36.5 Å². The minimum absolute atomic E-state index is 0.170. The Kier molecular flexibility index (Phi) is 12.2. The number of aryl methyl sites for hydroxylation is 1. The van der Waals surface area contributed by atoms with Gasteiger partial charge in [-0.05, 0) is 54.7 Å². The third-order valence-electron chi connectivity index (χ3n) is 11.5. The number of anilines is 3. The second-order valence-electron chi connectivity index (χ2n) is 16.5. The summed E-state index contributed by atoms with van der Waals surface area (Å²) in [5.41, 5.74) is 1.94. The number of rotatable bonds is 10. The average molecular weight is 790 g/mol. The Labute approximate surface area is 340 Å². The number of carboxylic acids is 1. The summed E-state index contributed by atoms with van der Waals surface area (Å²) in [6, 6.07) is 26.3. The second-order valence-corrected chi connectivity index (χ2v) is 16.5. The molecule has 3 amide bonds. The van der Waals surface area contributed by atoms with Crippen molar-refractivity contribution in [3.05, 3.63) is 103 Å². The molecule has 13 nitrogen and oxygen atoms in total. The maximum Gasteiger partial charge on any atom is 0.324 e. The number of fused-ring (bicyclic) bond motifs is 1. The molecular weight excluding hydrogens is 735 g/mol. The van der Waals surface area contributed by atoms with E-state index >= 15 is 0 Å². The molecule has 1 aliphatic heterocycles. The van der Waals surface area contributed by atoms with Crippen molar-refractivity contribution in [1.29, 1.82) is 0 Å². The number of pyridine rings is 1. The monoisotopic (exact) mass is 789 g/mol. The van der Waals surface area contributed by atoms with E-state index < -0.39 is 16.8 Å². The summed E-state index contributed by atoms with van der Waals surface area (Å²) in [4.78, 5) is 45.7. The number of hydrogen-bond donors (Lipinski definition) is 3. The molecule has 1 saturated heterocycles. The summed E-state index contributed by atoms with van der Waals surface area (Å²) in [5, 5.41) is 22.2. The normalized spacial score (nSPS) is 18.7. The third-order valence-corrected chi connectivity index (χ3v) is 11.5. The smallest absolute Gasteiger partial charge is 0.324 e. The molecule has 0 radical (unpaired) electrons. The number of morpholine rings is 1. The van der Waals surface area contributed by atoms with E-state index in [1.165, 1.54) is 4.90 Å². The Balaban J connectivity index is 0.000000250. The summed E-state index contributed by atoms with van der Waals surface area (Å²) in [6.07, 6.45) is 1.75. The molecule has 3 heterocycles. The molecule has 2 aromatic heterocycles. The molecule has 1 saturated carbocycles. The van der Waals surface area contributed by atoms with Gasteiger partial charge in [0.2, 0.25) is 5.91 Å². The first-order chi connectivity index (χ1) is 27.5. The van der Waals surface area contributed by atoms with Crippen molar-refractivity contribution in [2.24, 2.45) is 16.7 Å². The van der Waals surface area contributed by atoms with Crippen molar-refractivity contribution >= 4 is 45.9 Å². The number of carbonyl (C=O) groups is 3. The number of carbonyl (C=O) groups excluding carboxylic acids is 2. The molecule has 1 aliphatic carbocycles. The summed E-state index contributed by atoms with van der Waals surface area (Å²) in [7, 11) is 1.63. The molecular formula is C45H55N7O6. The lowest BCUT2D eigenvalue weighted by Crippen LogP contribution is -2.42. The number of benzene rings is 3. The van der Waals surface area contributed by atoms with Gasteiger partial charge < -0.3 is 24.8 Å². The van der Waals surface area contributed by atoms with Crippen LogP contribution in [0.4, 0.5) is 22.0 Å². The molecule has 2 fully saturated rings. The number of para-hydroxylation sites is 1. The standard InChI is InChI=1S/C30H36N6O3.C15H19NO3/c1-21-9-10-22(20-31-21)36-28(19-27(34-36)30(2,3)4)33-29(37)32-25-11-12-26(24-8-6-5-7-23(24)25)39-18-15-35-13-16-38-17-14-35;1-10-14(2,3)15(10,13(18)19)12(17)16(4)11-8-6-5-7-9-11/h5-12,19-20H,13-18H2,1-4H3,(H2,32,33,37);5-10H,1-4H3,(H,18,19). The van der Waals surface area contributed by atoms with Gasteiger partial charge in [0.1, 0.15) is 18.2 Å². The van der Waals surface area contributed by atoms with Gasteiger partial charge in [-0.3, -0.25) is 24.8 Å². The van der Waals surface area contributed by atoms with Gasteiger partial charge in [0.25, 0.3) is 0 Å². The SMILES string of the molecule is CC1C(C)(C)C1(C(=O)O)C(=O)N(C)c1ccccc1.Cc1ccc(-n2nc(C(C)(C)C)cc2NC(=O)Nc2ccc(OCCN3CCOCC3)c3ccccc23)cn1. The summed E-state index contributed by atoms with van der Waals surface area (Å²) in [5.74, 6) is -0.183. The number of nitrogens with zero attached hydrogens (tertiary/aromatic N) is 5. The lowest BCUT2D eigenvalue weighted by molar-refractivity contribution is -0.150. The van der Waals surface area contributed by atoms with Crippen LogP contribution in [0.15, 0.2) is 91.1 Å². The Morgan fingerprint density at radius 2 is 1.60 bits per heavy atom. The van der Waals surface area contributed by atoms with E-state index in [4.69, 9.17) is 14.6 Å². The van der Waals surface area contributed by atoms with Gasteiger partial charge in [0, 0.05) is 60.3 Å². The first kappa shape index (κ1) is 41.8. The number of aromatic nitrogens is 3. The lowest BCUT2D eigenvalue weighted by atomic mass is 9.92. The van der Waals surface area contributed by atoms with E-state index in [-0.39, 0.29) is 23.3 Å². The molecule has 3 aromatic carbocycles. The average Bonchev–Trinajstić information content (AvgIpc) is 3.43. The van der Waals surface area contributed by atoms with Crippen LogP contribution in [0.1, 0.15) is 52.9 Å². The summed E-state index contributed by atoms with van der Waals surface area (Å²) in [6.45, 7) is 18.5. The highest BCUT2D eigenvalue weighted by atomic mass is 16.5. The molecule has 0 spiro atoms. The molecule has 13 heteroatoms. The van der Waals surface area contributed by atoms with Crippen LogP contribution in [-0.4, -0.2) is 89.2 Å². The molecule has 2 unspecified atom stereocenters. The maximum atomic E-state index is 13.2. The highest BCUT2D eigenvalue weighted by Crippen LogP contribution is 2.69. The van der Waals surface area contributed by atoms with Crippen molar-refractivity contribution in [2.45, 2.75) is 53.9 Å². The molecule has 7 rings (SSSR count). The van der Waals surface area contributed by atoms with Crippen LogP contribution in [0, 0.1) is 23.7 Å². The van der Waals surface area contributed by atoms with Crippen LogP contribution in [0.5, 0.6) is 5.75 Å².